The molecule has 1 amide bonds. The highest BCUT2D eigenvalue weighted by atomic mass is 32.1. The number of para-hydroxylation sites is 1. The molecule has 0 bridgehead atoms. The lowest BCUT2D eigenvalue weighted by molar-refractivity contribution is -0.145. The first-order chi connectivity index (χ1) is 16.4. The van der Waals surface area contributed by atoms with Gasteiger partial charge in [-0.05, 0) is 55.2 Å². The molecule has 0 aliphatic rings. The average molecular weight is 475 g/mol. The first-order valence-corrected chi connectivity index (χ1v) is 11.9. The van der Waals surface area contributed by atoms with Gasteiger partial charge in [0.05, 0.1) is 23.3 Å². The van der Waals surface area contributed by atoms with Gasteiger partial charge in [-0.2, -0.15) is 5.10 Å². The Hall–Kier alpha value is -3.78. The Labute approximate surface area is 202 Å². The summed E-state index contributed by atoms with van der Waals surface area (Å²) in [5.41, 5.74) is 5.47. The van der Waals surface area contributed by atoms with Gasteiger partial charge in [-0.15, -0.1) is 11.3 Å². The van der Waals surface area contributed by atoms with E-state index in [9.17, 15) is 9.59 Å². The van der Waals surface area contributed by atoms with Crippen molar-refractivity contribution >= 4 is 34.0 Å². The van der Waals surface area contributed by atoms with Crippen molar-refractivity contribution in [2.24, 2.45) is 0 Å². The summed E-state index contributed by atoms with van der Waals surface area (Å²) in [6.07, 6.45) is 4.47. The molecule has 2 aromatic carbocycles. The van der Waals surface area contributed by atoms with E-state index in [1.165, 1.54) is 18.3 Å². The topological polar surface area (TPSA) is 77.3 Å². The number of benzene rings is 2. The van der Waals surface area contributed by atoms with Crippen LogP contribution in [-0.2, 0) is 27.4 Å². The number of thiazole rings is 1. The van der Waals surface area contributed by atoms with Crippen LogP contribution in [0.4, 0.5) is 10.8 Å². The summed E-state index contributed by atoms with van der Waals surface area (Å²) in [5, 5.41) is 6.72. The molecule has 0 aliphatic heterocycles. The standard InChI is InChI=1S/C26H26N4O3S/c1-18-8-7-11-24(19(18)2)30(20(3)31)26-28-22(17-34-26)16-33-25(32)13-12-21-14-27-29(15-21)23-9-5-4-6-10-23/h4-11,14-15,17H,12-13,16H2,1-3H3. The first kappa shape index (κ1) is 23.4. The molecule has 2 aromatic heterocycles. The molecule has 0 aliphatic carbocycles. The van der Waals surface area contributed by atoms with Gasteiger partial charge in [0.15, 0.2) is 5.13 Å². The van der Waals surface area contributed by atoms with E-state index in [1.54, 1.807) is 15.8 Å². The predicted molar refractivity (Wildman–Crippen MR) is 133 cm³/mol. The molecule has 2 heterocycles. The van der Waals surface area contributed by atoms with Gasteiger partial charge in [0.1, 0.15) is 6.61 Å². The fourth-order valence-corrected chi connectivity index (χ4v) is 4.40. The van der Waals surface area contributed by atoms with Crippen LogP contribution in [0.3, 0.4) is 0 Å². The first-order valence-electron chi connectivity index (χ1n) is 11.0. The van der Waals surface area contributed by atoms with Gasteiger partial charge in [0.25, 0.3) is 0 Å². The Morgan fingerprint density at radius 1 is 1.09 bits per heavy atom. The minimum Gasteiger partial charge on any atom is -0.459 e. The number of amides is 1. The van der Waals surface area contributed by atoms with Crippen molar-refractivity contribution in [3.8, 4) is 5.69 Å². The minimum atomic E-state index is -0.306. The Balaban J connectivity index is 1.33. The molecular weight excluding hydrogens is 448 g/mol. The van der Waals surface area contributed by atoms with Gasteiger partial charge in [0, 0.05) is 24.9 Å². The number of aryl methyl sites for hydroxylation is 2. The molecule has 0 atom stereocenters. The average Bonchev–Trinajstić information content (AvgIpc) is 3.50. The van der Waals surface area contributed by atoms with Crippen LogP contribution >= 0.6 is 11.3 Å². The molecule has 0 spiro atoms. The normalized spacial score (nSPS) is 10.8. The van der Waals surface area contributed by atoms with Crippen molar-refractivity contribution in [2.75, 3.05) is 4.90 Å². The maximum Gasteiger partial charge on any atom is 0.306 e. The Morgan fingerprint density at radius 3 is 2.65 bits per heavy atom. The Morgan fingerprint density at radius 2 is 1.88 bits per heavy atom. The van der Waals surface area contributed by atoms with E-state index >= 15 is 0 Å². The van der Waals surface area contributed by atoms with Crippen LogP contribution in [0.2, 0.25) is 0 Å². The quantitative estimate of drug-likeness (QED) is 0.324. The van der Waals surface area contributed by atoms with Crippen molar-refractivity contribution < 1.29 is 14.3 Å². The molecule has 0 saturated carbocycles. The highest BCUT2D eigenvalue weighted by Crippen LogP contribution is 2.32. The van der Waals surface area contributed by atoms with Gasteiger partial charge in [-0.25, -0.2) is 9.67 Å². The second-order valence-corrected chi connectivity index (χ2v) is 8.82. The molecule has 0 saturated heterocycles. The summed E-state index contributed by atoms with van der Waals surface area (Å²) >= 11 is 1.35. The van der Waals surface area contributed by atoms with Gasteiger partial charge in [-0.3, -0.25) is 14.5 Å². The van der Waals surface area contributed by atoms with Crippen LogP contribution in [0, 0.1) is 13.8 Å². The van der Waals surface area contributed by atoms with Crippen molar-refractivity contribution in [3.63, 3.8) is 0 Å². The fourth-order valence-electron chi connectivity index (χ4n) is 3.53. The third-order valence-corrected chi connectivity index (χ3v) is 6.39. The highest BCUT2D eigenvalue weighted by molar-refractivity contribution is 7.14. The summed E-state index contributed by atoms with van der Waals surface area (Å²) < 4.78 is 7.20. The number of nitrogens with zero attached hydrogens (tertiary/aromatic N) is 4. The molecule has 0 radical (unpaired) electrons. The molecule has 0 N–H and O–H groups in total. The number of hydrogen-bond acceptors (Lipinski definition) is 6. The number of anilines is 2. The zero-order valence-corrected chi connectivity index (χ0v) is 20.2. The van der Waals surface area contributed by atoms with Gasteiger partial charge < -0.3 is 4.74 Å². The summed E-state index contributed by atoms with van der Waals surface area (Å²) in [6, 6.07) is 15.7. The second kappa shape index (κ2) is 10.4. The van der Waals surface area contributed by atoms with Crippen LogP contribution in [0.5, 0.6) is 0 Å². The number of ether oxygens (including phenoxy) is 1. The number of carbonyl (C=O) groups excluding carboxylic acids is 2. The van der Waals surface area contributed by atoms with E-state index in [1.807, 2.05) is 74.0 Å². The Bertz CT molecular complexity index is 1300. The smallest absolute Gasteiger partial charge is 0.306 e. The van der Waals surface area contributed by atoms with Crippen molar-refractivity contribution in [1.29, 1.82) is 0 Å². The van der Waals surface area contributed by atoms with Gasteiger partial charge in [0.2, 0.25) is 5.91 Å². The SMILES string of the molecule is CC(=O)N(c1nc(COC(=O)CCc2cnn(-c3ccccc3)c2)cs1)c1cccc(C)c1C. The van der Waals surface area contributed by atoms with Crippen LogP contribution in [0.25, 0.3) is 5.69 Å². The molecule has 0 fully saturated rings. The summed E-state index contributed by atoms with van der Waals surface area (Å²) in [5.74, 6) is -0.428. The number of carbonyl (C=O) groups is 2. The summed E-state index contributed by atoms with van der Waals surface area (Å²) in [7, 11) is 0. The molecule has 34 heavy (non-hydrogen) atoms. The zero-order chi connectivity index (χ0) is 24.1. The monoisotopic (exact) mass is 474 g/mol. The summed E-state index contributed by atoms with van der Waals surface area (Å²) in [6.45, 7) is 5.58. The molecule has 7 nitrogen and oxygen atoms in total. The van der Waals surface area contributed by atoms with E-state index in [-0.39, 0.29) is 24.9 Å². The molecular formula is C26H26N4O3S. The fraction of sp³-hybridized carbons (Fsp3) is 0.231. The minimum absolute atomic E-state index is 0.0666. The van der Waals surface area contributed by atoms with E-state index in [0.717, 1.165) is 28.1 Å². The van der Waals surface area contributed by atoms with Gasteiger partial charge in [-0.1, -0.05) is 30.3 Å². The predicted octanol–water partition coefficient (Wildman–Crippen LogP) is 5.31. The maximum absolute atomic E-state index is 12.4. The van der Waals surface area contributed by atoms with E-state index in [2.05, 4.69) is 10.1 Å². The third-order valence-electron chi connectivity index (χ3n) is 5.52. The molecule has 8 heteroatoms. The third kappa shape index (κ3) is 5.40. The number of aromatic nitrogens is 3. The van der Waals surface area contributed by atoms with Crippen LogP contribution in [0.1, 0.15) is 35.7 Å². The summed E-state index contributed by atoms with van der Waals surface area (Å²) in [4.78, 5) is 30.8. The van der Waals surface area contributed by atoms with Gasteiger partial charge >= 0.3 is 5.97 Å². The van der Waals surface area contributed by atoms with Crippen LogP contribution in [0.15, 0.2) is 66.3 Å². The van der Waals surface area contributed by atoms with Crippen molar-refractivity contribution in [3.05, 3.63) is 88.7 Å². The molecule has 4 rings (SSSR count). The highest BCUT2D eigenvalue weighted by Gasteiger charge is 2.20. The van der Waals surface area contributed by atoms with E-state index in [0.29, 0.717) is 17.2 Å². The van der Waals surface area contributed by atoms with Crippen molar-refractivity contribution in [1.82, 2.24) is 14.8 Å². The molecule has 4 aromatic rings. The second-order valence-electron chi connectivity index (χ2n) is 7.98. The van der Waals surface area contributed by atoms with E-state index in [4.69, 9.17) is 4.74 Å². The van der Waals surface area contributed by atoms with Crippen LogP contribution in [-0.4, -0.2) is 26.6 Å². The molecule has 174 valence electrons. The lowest BCUT2D eigenvalue weighted by atomic mass is 10.1. The number of esters is 1. The van der Waals surface area contributed by atoms with E-state index < -0.39 is 0 Å². The van der Waals surface area contributed by atoms with Crippen molar-refractivity contribution in [2.45, 2.75) is 40.2 Å². The zero-order valence-electron chi connectivity index (χ0n) is 19.4. The Kier molecular flexibility index (Phi) is 7.18. The lowest BCUT2D eigenvalue weighted by Crippen LogP contribution is -2.23. The number of rotatable bonds is 8. The maximum atomic E-state index is 12.4. The number of hydrogen-bond donors (Lipinski definition) is 0. The van der Waals surface area contributed by atoms with Crippen LogP contribution < -0.4 is 4.90 Å². The lowest BCUT2D eigenvalue weighted by Gasteiger charge is -2.21. The molecule has 0 unspecified atom stereocenters. The largest absolute Gasteiger partial charge is 0.459 e.